The van der Waals surface area contributed by atoms with Gasteiger partial charge in [0.2, 0.25) is 5.89 Å². The molecule has 0 unspecified atom stereocenters. The summed E-state index contributed by atoms with van der Waals surface area (Å²) in [5.41, 5.74) is 2.07. The molecule has 1 heterocycles. The van der Waals surface area contributed by atoms with E-state index in [4.69, 9.17) is 28.2 Å². The second-order valence-corrected chi connectivity index (χ2v) is 10.2. The number of halogens is 1. The van der Waals surface area contributed by atoms with Gasteiger partial charge in [0, 0.05) is 29.5 Å². The molecule has 0 saturated carbocycles. The Bertz CT molecular complexity index is 1130. The summed E-state index contributed by atoms with van der Waals surface area (Å²) < 4.78 is 29.7. The number of hydrogen-bond acceptors (Lipinski definition) is 7. The number of hydroxylamine groups is 2. The predicted molar refractivity (Wildman–Crippen MR) is 119 cm³/mol. The highest BCUT2D eigenvalue weighted by Crippen LogP contribution is 2.34. The van der Waals surface area contributed by atoms with Crippen LogP contribution >= 0.6 is 35.6 Å². The van der Waals surface area contributed by atoms with Crippen molar-refractivity contribution in [2.24, 2.45) is 0 Å². The minimum Gasteiger partial charge on any atom is -0.439 e. The van der Waals surface area contributed by atoms with Gasteiger partial charge >= 0.3 is 0 Å². The molecule has 3 rings (SSSR count). The second-order valence-electron chi connectivity index (χ2n) is 6.17. The number of thiocarbonyl (C=S) groups is 1. The molecule has 152 valence electrons. The van der Waals surface area contributed by atoms with Crippen LogP contribution in [0.15, 0.2) is 57.8 Å². The highest BCUT2D eigenvalue weighted by molar-refractivity contribution is 8.22. The van der Waals surface area contributed by atoms with Crippen LogP contribution in [0.2, 0.25) is 5.02 Å². The molecule has 0 saturated heterocycles. The maximum absolute atomic E-state index is 11.7. The van der Waals surface area contributed by atoms with E-state index in [-0.39, 0.29) is 9.22 Å². The lowest BCUT2D eigenvalue weighted by atomic mass is 10.1. The smallest absolute Gasteiger partial charge is 0.205 e. The summed E-state index contributed by atoms with van der Waals surface area (Å²) >= 11 is 12.3. The van der Waals surface area contributed by atoms with Gasteiger partial charge in [-0.25, -0.2) is 18.5 Å². The van der Waals surface area contributed by atoms with Gasteiger partial charge in [0.15, 0.2) is 19.9 Å². The first-order valence-corrected chi connectivity index (χ1v) is 12.0. The Morgan fingerprint density at radius 3 is 2.31 bits per heavy atom. The molecule has 0 aliphatic heterocycles. The van der Waals surface area contributed by atoms with Crippen molar-refractivity contribution in [3.05, 3.63) is 59.4 Å². The van der Waals surface area contributed by atoms with Crippen LogP contribution in [0, 0.1) is 0 Å². The summed E-state index contributed by atoms with van der Waals surface area (Å²) in [4.78, 5) is 4.80. The molecule has 0 radical (unpaired) electrons. The number of aromatic nitrogens is 1. The summed E-state index contributed by atoms with van der Waals surface area (Å²) in [6.07, 6.45) is 1.16. The van der Waals surface area contributed by atoms with Crippen molar-refractivity contribution in [2.45, 2.75) is 10.6 Å². The van der Waals surface area contributed by atoms with Crippen molar-refractivity contribution < 1.29 is 18.0 Å². The normalized spacial score (nSPS) is 11.4. The third kappa shape index (κ3) is 5.37. The summed E-state index contributed by atoms with van der Waals surface area (Å²) in [6, 6.07) is 13.6. The predicted octanol–water partition coefficient (Wildman–Crippen LogP) is 4.90. The largest absolute Gasteiger partial charge is 0.439 e. The van der Waals surface area contributed by atoms with Gasteiger partial charge in [0.25, 0.3) is 0 Å². The van der Waals surface area contributed by atoms with Crippen LogP contribution in [0.1, 0.15) is 5.89 Å². The average molecular weight is 469 g/mol. The van der Waals surface area contributed by atoms with E-state index in [1.807, 2.05) is 12.1 Å². The molecule has 10 heteroatoms. The Hall–Kier alpha value is -1.91. The molecule has 1 aromatic heterocycles. The molecule has 0 fully saturated rings. The zero-order valence-corrected chi connectivity index (χ0v) is 18.7. The van der Waals surface area contributed by atoms with E-state index in [0.717, 1.165) is 16.9 Å². The average Bonchev–Trinajstić information content (AvgIpc) is 3.10. The first kappa shape index (κ1) is 21.8. The van der Waals surface area contributed by atoms with Crippen molar-refractivity contribution in [1.82, 2.24) is 10.0 Å². The number of benzene rings is 2. The van der Waals surface area contributed by atoms with Crippen LogP contribution in [0.3, 0.4) is 0 Å². The van der Waals surface area contributed by atoms with E-state index in [0.29, 0.717) is 33.7 Å². The lowest BCUT2D eigenvalue weighted by molar-refractivity contribution is 0.0205. The number of hydrogen-bond donors (Lipinski definition) is 1. The molecule has 0 aliphatic rings. The highest BCUT2D eigenvalue weighted by Gasteiger charge is 2.18. The maximum Gasteiger partial charge on any atom is 0.205 e. The molecule has 0 atom stereocenters. The molecular weight excluding hydrogens is 452 g/mol. The van der Waals surface area contributed by atoms with Gasteiger partial charge in [-0.05, 0) is 36.4 Å². The summed E-state index contributed by atoms with van der Waals surface area (Å²) in [5, 5.41) is 10.8. The van der Waals surface area contributed by atoms with Crippen LogP contribution in [0.25, 0.3) is 22.6 Å². The standard InChI is InChI=1S/C19H17ClN2O4S3/c1-22(23)19(27)28-11-16-21-17(12-5-9-15(10-6-12)29(2,24)25)18(26-16)13-3-7-14(20)8-4-13/h3-10,23H,11H2,1-2H3. The minimum absolute atomic E-state index is 0.227. The number of thioether (sulfide) groups is 1. The molecule has 29 heavy (non-hydrogen) atoms. The van der Waals surface area contributed by atoms with Crippen LogP contribution in [-0.4, -0.2) is 41.3 Å². The van der Waals surface area contributed by atoms with E-state index in [2.05, 4.69) is 4.98 Å². The van der Waals surface area contributed by atoms with Crippen molar-refractivity contribution in [2.75, 3.05) is 13.3 Å². The van der Waals surface area contributed by atoms with Crippen molar-refractivity contribution in [3.8, 4) is 22.6 Å². The Morgan fingerprint density at radius 2 is 1.76 bits per heavy atom. The van der Waals surface area contributed by atoms with Crippen molar-refractivity contribution in [1.29, 1.82) is 0 Å². The molecule has 2 aromatic carbocycles. The summed E-state index contributed by atoms with van der Waals surface area (Å²) in [7, 11) is -1.85. The molecule has 0 spiro atoms. The lowest BCUT2D eigenvalue weighted by Crippen LogP contribution is -2.17. The zero-order valence-electron chi connectivity index (χ0n) is 15.5. The number of rotatable bonds is 5. The molecule has 6 nitrogen and oxygen atoms in total. The molecule has 0 aliphatic carbocycles. The molecular formula is C19H17ClN2O4S3. The van der Waals surface area contributed by atoms with Gasteiger partial charge < -0.3 is 4.42 Å². The topological polar surface area (TPSA) is 83.6 Å². The van der Waals surface area contributed by atoms with Crippen LogP contribution in [0.4, 0.5) is 0 Å². The van der Waals surface area contributed by atoms with Gasteiger partial charge in [-0.3, -0.25) is 5.21 Å². The summed E-state index contributed by atoms with van der Waals surface area (Å²) in [6.45, 7) is 0. The van der Waals surface area contributed by atoms with Gasteiger partial charge in [-0.2, -0.15) is 0 Å². The molecule has 0 bridgehead atoms. The van der Waals surface area contributed by atoms with E-state index in [9.17, 15) is 13.6 Å². The van der Waals surface area contributed by atoms with Gasteiger partial charge in [-0.15, -0.1) is 0 Å². The summed E-state index contributed by atoms with van der Waals surface area (Å²) in [5.74, 6) is 1.28. The van der Waals surface area contributed by atoms with E-state index < -0.39 is 9.84 Å². The first-order chi connectivity index (χ1) is 13.6. The Kier molecular flexibility index (Phi) is 6.65. The Balaban J connectivity index is 2.01. The van der Waals surface area contributed by atoms with Gasteiger partial charge in [0.1, 0.15) is 5.69 Å². The van der Waals surface area contributed by atoms with Gasteiger partial charge in [-0.1, -0.05) is 47.7 Å². The van der Waals surface area contributed by atoms with Crippen LogP contribution in [0.5, 0.6) is 0 Å². The quantitative estimate of drug-likeness (QED) is 0.418. The maximum atomic E-state index is 11.7. The highest BCUT2D eigenvalue weighted by atomic mass is 35.5. The molecule has 3 aromatic rings. The fourth-order valence-corrected chi connectivity index (χ4v) is 3.99. The molecule has 0 amide bonds. The number of sulfone groups is 1. The first-order valence-electron chi connectivity index (χ1n) is 8.30. The number of oxazole rings is 1. The van der Waals surface area contributed by atoms with E-state index in [1.54, 1.807) is 24.3 Å². The minimum atomic E-state index is -3.29. The van der Waals surface area contributed by atoms with E-state index >= 15 is 0 Å². The monoisotopic (exact) mass is 468 g/mol. The molecule has 1 N–H and O–H groups in total. The Labute approximate surface area is 183 Å². The van der Waals surface area contributed by atoms with Crippen LogP contribution in [-0.2, 0) is 15.6 Å². The zero-order chi connectivity index (χ0) is 21.2. The third-order valence-corrected chi connectivity index (χ3v) is 6.82. The second kappa shape index (κ2) is 8.85. The van der Waals surface area contributed by atoms with Crippen molar-refractivity contribution in [3.63, 3.8) is 0 Å². The Morgan fingerprint density at radius 1 is 1.17 bits per heavy atom. The SMILES string of the molecule is CN(O)C(=S)SCc1nc(-c2ccc(S(C)(=O)=O)cc2)c(-c2ccc(Cl)cc2)o1. The number of nitrogens with zero attached hydrogens (tertiary/aromatic N) is 2. The third-order valence-electron chi connectivity index (χ3n) is 3.92. The van der Waals surface area contributed by atoms with Crippen LogP contribution < -0.4 is 0 Å². The van der Waals surface area contributed by atoms with E-state index in [1.165, 1.54) is 30.9 Å². The fraction of sp³-hybridized carbons (Fsp3) is 0.158. The van der Waals surface area contributed by atoms with Crippen molar-refractivity contribution >= 4 is 49.7 Å². The lowest BCUT2D eigenvalue weighted by Gasteiger charge is -2.08. The van der Waals surface area contributed by atoms with Gasteiger partial charge in [0.05, 0.1) is 10.6 Å². The fourth-order valence-electron chi connectivity index (χ4n) is 2.50.